The Bertz CT molecular complexity index is 545. The van der Waals surface area contributed by atoms with E-state index in [1.54, 1.807) is 0 Å². The molecule has 0 radical (unpaired) electrons. The number of aryl methyl sites for hydroxylation is 2. The molecule has 0 saturated carbocycles. The lowest BCUT2D eigenvalue weighted by atomic mass is 10.0. The summed E-state index contributed by atoms with van der Waals surface area (Å²) in [6.07, 6.45) is 3.17. The zero-order valence-corrected chi connectivity index (χ0v) is 9.76. The lowest BCUT2D eigenvalue weighted by Gasteiger charge is -2.06. The second kappa shape index (κ2) is 4.59. The molecule has 90 valence electrons. The first-order valence-electron chi connectivity index (χ1n) is 5.60. The second-order valence-electron chi connectivity index (χ2n) is 4.30. The number of rotatable bonds is 4. The van der Waals surface area contributed by atoms with Gasteiger partial charge in [-0.25, -0.2) is 0 Å². The number of aliphatic carboxylic acids is 1. The molecule has 0 saturated heterocycles. The van der Waals surface area contributed by atoms with E-state index in [0.717, 1.165) is 5.56 Å². The molecule has 0 aliphatic heterocycles. The van der Waals surface area contributed by atoms with Crippen LogP contribution in [0.3, 0.4) is 0 Å². The Hall–Kier alpha value is -1.81. The Labute approximate surface area is 99.7 Å². The van der Waals surface area contributed by atoms with Crippen LogP contribution in [-0.2, 0) is 18.3 Å². The molecule has 3 N–H and O–H groups in total. The fraction of sp³-hybridized carbons (Fsp3) is 0.308. The van der Waals surface area contributed by atoms with Crippen molar-refractivity contribution in [3.05, 3.63) is 36.0 Å². The molecule has 4 heteroatoms. The van der Waals surface area contributed by atoms with Gasteiger partial charge in [0.25, 0.3) is 0 Å². The molecule has 0 spiro atoms. The van der Waals surface area contributed by atoms with E-state index in [0.29, 0.717) is 12.8 Å². The molecule has 0 aliphatic carbocycles. The van der Waals surface area contributed by atoms with Crippen LogP contribution in [0.2, 0.25) is 0 Å². The number of hydrogen-bond donors (Lipinski definition) is 2. The molecule has 0 amide bonds. The minimum atomic E-state index is -0.939. The van der Waals surface area contributed by atoms with Gasteiger partial charge >= 0.3 is 5.97 Å². The third-order valence-electron chi connectivity index (χ3n) is 3.01. The van der Waals surface area contributed by atoms with Gasteiger partial charge in [0.15, 0.2) is 0 Å². The van der Waals surface area contributed by atoms with Crippen LogP contribution in [0.5, 0.6) is 0 Å². The largest absolute Gasteiger partial charge is 0.480 e. The Morgan fingerprint density at radius 1 is 1.47 bits per heavy atom. The first kappa shape index (κ1) is 11.7. The number of carboxylic acids is 1. The molecule has 1 aromatic heterocycles. The molecule has 0 fully saturated rings. The van der Waals surface area contributed by atoms with Crippen molar-refractivity contribution >= 4 is 16.9 Å². The van der Waals surface area contributed by atoms with E-state index in [-0.39, 0.29) is 0 Å². The maximum Gasteiger partial charge on any atom is 0.320 e. The van der Waals surface area contributed by atoms with Crippen LogP contribution < -0.4 is 5.73 Å². The van der Waals surface area contributed by atoms with Gasteiger partial charge < -0.3 is 15.4 Å². The van der Waals surface area contributed by atoms with Crippen LogP contribution in [0.4, 0.5) is 0 Å². The summed E-state index contributed by atoms with van der Waals surface area (Å²) in [5.41, 5.74) is 7.78. The molecule has 1 aromatic carbocycles. The van der Waals surface area contributed by atoms with Gasteiger partial charge in [0.05, 0.1) is 0 Å². The summed E-state index contributed by atoms with van der Waals surface area (Å²) in [5.74, 6) is -0.939. The van der Waals surface area contributed by atoms with Crippen molar-refractivity contribution in [2.75, 3.05) is 0 Å². The lowest BCUT2D eigenvalue weighted by molar-refractivity contribution is -0.138. The number of benzene rings is 1. The van der Waals surface area contributed by atoms with E-state index in [9.17, 15) is 4.79 Å². The molecule has 0 aliphatic rings. The van der Waals surface area contributed by atoms with Gasteiger partial charge in [-0.1, -0.05) is 6.07 Å². The molecular formula is C13H16N2O2. The molecule has 1 heterocycles. The highest BCUT2D eigenvalue weighted by Gasteiger charge is 2.11. The first-order valence-corrected chi connectivity index (χ1v) is 5.60. The standard InChI is InChI=1S/C13H16N2O2/c1-15-7-6-10-8-9(3-5-12(10)15)2-4-11(14)13(16)17/h3,5-8,11H,2,4,14H2,1H3,(H,16,17)/t11-/m0/s1. The molecule has 2 aromatic rings. The van der Waals surface area contributed by atoms with Crippen LogP contribution >= 0.6 is 0 Å². The minimum Gasteiger partial charge on any atom is -0.480 e. The number of nitrogens with zero attached hydrogens (tertiary/aromatic N) is 1. The average Bonchev–Trinajstić information content (AvgIpc) is 2.67. The van der Waals surface area contributed by atoms with E-state index in [4.69, 9.17) is 10.8 Å². The molecule has 2 rings (SSSR count). The van der Waals surface area contributed by atoms with Crippen molar-refractivity contribution in [1.29, 1.82) is 0 Å². The van der Waals surface area contributed by atoms with Gasteiger partial charge in [0, 0.05) is 18.8 Å². The van der Waals surface area contributed by atoms with Crippen molar-refractivity contribution in [1.82, 2.24) is 4.57 Å². The number of carbonyl (C=O) groups is 1. The van der Waals surface area contributed by atoms with Crippen molar-refractivity contribution in [3.8, 4) is 0 Å². The summed E-state index contributed by atoms with van der Waals surface area (Å²) in [6.45, 7) is 0. The predicted molar refractivity (Wildman–Crippen MR) is 66.9 cm³/mol. The van der Waals surface area contributed by atoms with Gasteiger partial charge in [0.1, 0.15) is 6.04 Å². The quantitative estimate of drug-likeness (QED) is 0.839. The third-order valence-corrected chi connectivity index (χ3v) is 3.01. The second-order valence-corrected chi connectivity index (χ2v) is 4.30. The molecule has 4 nitrogen and oxygen atoms in total. The maximum atomic E-state index is 10.6. The summed E-state index contributed by atoms with van der Waals surface area (Å²) >= 11 is 0. The number of hydrogen-bond acceptors (Lipinski definition) is 2. The van der Waals surface area contributed by atoms with Gasteiger partial charge in [-0.15, -0.1) is 0 Å². The van der Waals surface area contributed by atoms with Crippen molar-refractivity contribution in [2.45, 2.75) is 18.9 Å². The molecule has 1 atom stereocenters. The molecule has 0 bridgehead atoms. The summed E-state index contributed by atoms with van der Waals surface area (Å²) < 4.78 is 2.06. The molecule has 0 unspecified atom stereocenters. The van der Waals surface area contributed by atoms with Crippen LogP contribution in [0.1, 0.15) is 12.0 Å². The maximum absolute atomic E-state index is 10.6. The van der Waals surface area contributed by atoms with E-state index >= 15 is 0 Å². The van der Waals surface area contributed by atoms with Crippen molar-refractivity contribution in [2.24, 2.45) is 12.8 Å². The fourth-order valence-electron chi connectivity index (χ4n) is 1.93. The van der Waals surface area contributed by atoms with Crippen LogP contribution in [0, 0.1) is 0 Å². The van der Waals surface area contributed by atoms with Crippen LogP contribution in [0.15, 0.2) is 30.5 Å². The number of nitrogens with two attached hydrogens (primary N) is 1. The van der Waals surface area contributed by atoms with Gasteiger partial charge in [0.2, 0.25) is 0 Å². The Kier molecular flexibility index (Phi) is 3.15. The highest BCUT2D eigenvalue weighted by molar-refractivity contribution is 5.80. The van der Waals surface area contributed by atoms with E-state index < -0.39 is 12.0 Å². The smallest absolute Gasteiger partial charge is 0.320 e. The normalized spacial score (nSPS) is 12.8. The summed E-state index contributed by atoms with van der Waals surface area (Å²) in [6, 6.07) is 7.44. The summed E-state index contributed by atoms with van der Waals surface area (Å²) in [7, 11) is 2.00. The Balaban J connectivity index is 2.12. The van der Waals surface area contributed by atoms with Gasteiger partial charge in [-0.3, -0.25) is 4.79 Å². The highest BCUT2D eigenvalue weighted by Crippen LogP contribution is 2.17. The lowest BCUT2D eigenvalue weighted by Crippen LogP contribution is -2.30. The molecule has 17 heavy (non-hydrogen) atoms. The predicted octanol–water partition coefficient (Wildman–Crippen LogP) is 1.52. The highest BCUT2D eigenvalue weighted by atomic mass is 16.4. The van der Waals surface area contributed by atoms with Crippen molar-refractivity contribution in [3.63, 3.8) is 0 Å². The first-order chi connectivity index (χ1) is 8.08. The Morgan fingerprint density at radius 2 is 2.24 bits per heavy atom. The number of carboxylic acid groups (broad SMARTS) is 1. The third kappa shape index (κ3) is 2.47. The minimum absolute atomic E-state index is 0.466. The van der Waals surface area contributed by atoms with Crippen LogP contribution in [0.25, 0.3) is 10.9 Å². The van der Waals surface area contributed by atoms with E-state index in [1.165, 1.54) is 10.9 Å². The zero-order valence-electron chi connectivity index (χ0n) is 9.76. The zero-order chi connectivity index (χ0) is 12.4. The van der Waals surface area contributed by atoms with Crippen LogP contribution in [-0.4, -0.2) is 21.7 Å². The topological polar surface area (TPSA) is 68.2 Å². The van der Waals surface area contributed by atoms with Gasteiger partial charge in [-0.2, -0.15) is 0 Å². The number of fused-ring (bicyclic) bond motifs is 1. The monoisotopic (exact) mass is 232 g/mol. The van der Waals surface area contributed by atoms with E-state index in [2.05, 4.69) is 22.8 Å². The summed E-state index contributed by atoms with van der Waals surface area (Å²) in [5, 5.41) is 9.88. The molecular weight excluding hydrogens is 216 g/mol. The van der Waals surface area contributed by atoms with E-state index in [1.807, 2.05) is 19.3 Å². The Morgan fingerprint density at radius 3 is 2.94 bits per heavy atom. The average molecular weight is 232 g/mol. The SMILES string of the molecule is Cn1ccc2cc(CC[C@H](N)C(=O)O)ccc21. The summed E-state index contributed by atoms with van der Waals surface area (Å²) in [4.78, 5) is 10.6. The number of aromatic nitrogens is 1. The van der Waals surface area contributed by atoms with Gasteiger partial charge in [-0.05, 0) is 42.0 Å². The fourth-order valence-corrected chi connectivity index (χ4v) is 1.93. The van der Waals surface area contributed by atoms with Crippen molar-refractivity contribution < 1.29 is 9.90 Å².